The van der Waals surface area contributed by atoms with Crippen molar-refractivity contribution < 1.29 is 14.3 Å². The van der Waals surface area contributed by atoms with Gasteiger partial charge in [-0.25, -0.2) is 0 Å². The maximum atomic E-state index is 13.2. The SMILES string of the molecule is COc1ccc2c(c1)O[C@H]1[C@H](C2=O)c2ccccc2SC1(C)C. The molecule has 3 nitrogen and oxygen atoms in total. The largest absolute Gasteiger partial charge is 0.497 e. The first-order chi connectivity index (χ1) is 11.0. The fourth-order valence-electron chi connectivity index (χ4n) is 3.46. The van der Waals surface area contributed by atoms with E-state index in [1.165, 1.54) is 4.90 Å². The third kappa shape index (κ3) is 2.16. The van der Waals surface area contributed by atoms with Crippen molar-refractivity contribution >= 4 is 17.5 Å². The van der Waals surface area contributed by atoms with Crippen LogP contribution in [0.15, 0.2) is 47.4 Å². The van der Waals surface area contributed by atoms with Crippen molar-refractivity contribution in [2.24, 2.45) is 0 Å². The van der Waals surface area contributed by atoms with E-state index in [9.17, 15) is 4.79 Å². The summed E-state index contributed by atoms with van der Waals surface area (Å²) in [4.78, 5) is 14.3. The number of rotatable bonds is 1. The minimum Gasteiger partial charge on any atom is -0.497 e. The first-order valence-electron chi connectivity index (χ1n) is 7.68. The molecule has 118 valence electrons. The second-order valence-corrected chi connectivity index (χ2v) is 8.18. The summed E-state index contributed by atoms with van der Waals surface area (Å²) in [5, 5.41) is 0. The van der Waals surface area contributed by atoms with Crippen LogP contribution in [0.4, 0.5) is 0 Å². The molecular formula is C19H18O3S. The van der Waals surface area contributed by atoms with Gasteiger partial charge < -0.3 is 9.47 Å². The summed E-state index contributed by atoms with van der Waals surface area (Å²) < 4.78 is 11.4. The van der Waals surface area contributed by atoms with Gasteiger partial charge in [-0.05, 0) is 37.6 Å². The Morgan fingerprint density at radius 1 is 1.17 bits per heavy atom. The molecule has 0 saturated carbocycles. The van der Waals surface area contributed by atoms with Gasteiger partial charge in [-0.2, -0.15) is 0 Å². The number of hydrogen-bond acceptors (Lipinski definition) is 4. The molecule has 0 unspecified atom stereocenters. The quantitative estimate of drug-likeness (QED) is 0.782. The van der Waals surface area contributed by atoms with Crippen LogP contribution in [-0.4, -0.2) is 23.7 Å². The molecule has 0 fully saturated rings. The molecule has 0 aliphatic carbocycles. The van der Waals surface area contributed by atoms with Gasteiger partial charge in [0.05, 0.1) is 23.3 Å². The highest BCUT2D eigenvalue weighted by Crippen LogP contribution is 2.53. The van der Waals surface area contributed by atoms with Crippen LogP contribution in [0.1, 0.15) is 35.7 Å². The average Bonchev–Trinajstić information content (AvgIpc) is 2.54. The molecule has 0 amide bonds. The number of carbonyl (C=O) groups excluding carboxylic acids is 1. The molecule has 2 aliphatic heterocycles. The Labute approximate surface area is 140 Å². The predicted octanol–water partition coefficient (Wildman–Crippen LogP) is 4.31. The van der Waals surface area contributed by atoms with Crippen LogP contribution in [-0.2, 0) is 0 Å². The van der Waals surface area contributed by atoms with E-state index in [2.05, 4.69) is 19.9 Å². The predicted molar refractivity (Wildman–Crippen MR) is 90.9 cm³/mol. The lowest BCUT2D eigenvalue weighted by atomic mass is 9.78. The summed E-state index contributed by atoms with van der Waals surface area (Å²) in [5.41, 5.74) is 1.72. The average molecular weight is 326 g/mol. The Balaban J connectivity index is 1.89. The molecule has 23 heavy (non-hydrogen) atoms. The van der Waals surface area contributed by atoms with Gasteiger partial charge in [-0.3, -0.25) is 4.79 Å². The molecule has 4 heteroatoms. The van der Waals surface area contributed by atoms with Gasteiger partial charge in [0, 0.05) is 11.0 Å². The third-order valence-corrected chi connectivity index (χ3v) is 5.96. The van der Waals surface area contributed by atoms with Crippen molar-refractivity contribution in [3.8, 4) is 11.5 Å². The van der Waals surface area contributed by atoms with Crippen LogP contribution in [0.2, 0.25) is 0 Å². The number of fused-ring (bicyclic) bond motifs is 4. The number of methoxy groups -OCH3 is 1. The van der Waals surface area contributed by atoms with E-state index in [4.69, 9.17) is 9.47 Å². The lowest BCUT2D eigenvalue weighted by Crippen LogP contribution is -2.50. The van der Waals surface area contributed by atoms with Crippen molar-refractivity contribution in [3.63, 3.8) is 0 Å². The molecule has 2 aromatic rings. The molecule has 2 aliphatic rings. The van der Waals surface area contributed by atoms with Gasteiger partial charge in [-0.15, -0.1) is 11.8 Å². The molecule has 2 atom stereocenters. The number of carbonyl (C=O) groups is 1. The highest BCUT2D eigenvalue weighted by molar-refractivity contribution is 8.00. The van der Waals surface area contributed by atoms with Crippen LogP contribution in [0, 0.1) is 0 Å². The Hall–Kier alpha value is -1.94. The van der Waals surface area contributed by atoms with Crippen LogP contribution in [0.25, 0.3) is 0 Å². The zero-order chi connectivity index (χ0) is 16.2. The van der Waals surface area contributed by atoms with Crippen LogP contribution < -0.4 is 9.47 Å². The standard InChI is InChI=1S/C19H18O3S/c1-19(2)18-16(13-6-4-5-7-15(13)23-19)17(20)12-9-8-11(21-3)10-14(12)22-18/h4-10,16,18H,1-3H3/t16-,18-/m0/s1. The fourth-order valence-corrected chi connectivity index (χ4v) is 4.79. The van der Waals surface area contributed by atoms with Crippen molar-refractivity contribution in [2.75, 3.05) is 7.11 Å². The molecule has 2 aromatic carbocycles. The number of Topliss-reactive ketones (excluding diaryl/α,β-unsaturated/α-hetero) is 1. The summed E-state index contributed by atoms with van der Waals surface area (Å²) in [6.45, 7) is 4.29. The number of benzene rings is 2. The van der Waals surface area contributed by atoms with Crippen LogP contribution in [0.5, 0.6) is 11.5 Å². The zero-order valence-electron chi connectivity index (χ0n) is 13.3. The van der Waals surface area contributed by atoms with E-state index in [1.807, 2.05) is 36.4 Å². The maximum absolute atomic E-state index is 13.2. The molecule has 4 rings (SSSR count). The summed E-state index contributed by atoms with van der Waals surface area (Å²) in [6, 6.07) is 13.6. The van der Waals surface area contributed by atoms with Gasteiger partial charge in [0.1, 0.15) is 17.6 Å². The molecule has 0 aromatic heterocycles. The van der Waals surface area contributed by atoms with Crippen molar-refractivity contribution in [3.05, 3.63) is 53.6 Å². The van der Waals surface area contributed by atoms with Gasteiger partial charge in [0.15, 0.2) is 5.78 Å². The molecule has 0 saturated heterocycles. The van der Waals surface area contributed by atoms with Gasteiger partial charge in [-0.1, -0.05) is 18.2 Å². The van der Waals surface area contributed by atoms with E-state index >= 15 is 0 Å². The van der Waals surface area contributed by atoms with Gasteiger partial charge >= 0.3 is 0 Å². The van der Waals surface area contributed by atoms with Crippen LogP contribution in [0.3, 0.4) is 0 Å². The first kappa shape index (κ1) is 14.6. The molecule has 0 spiro atoms. The second kappa shape index (κ2) is 5.03. The zero-order valence-corrected chi connectivity index (χ0v) is 14.1. The normalized spacial score (nSPS) is 24.0. The molecular weight excluding hydrogens is 308 g/mol. The molecule has 0 bridgehead atoms. The first-order valence-corrected chi connectivity index (χ1v) is 8.50. The minimum absolute atomic E-state index is 0.139. The molecule has 2 heterocycles. The van der Waals surface area contributed by atoms with E-state index in [1.54, 1.807) is 18.9 Å². The summed E-state index contributed by atoms with van der Waals surface area (Å²) in [5.74, 6) is 1.23. The minimum atomic E-state index is -0.247. The van der Waals surface area contributed by atoms with Crippen molar-refractivity contribution in [2.45, 2.75) is 35.5 Å². The maximum Gasteiger partial charge on any atom is 0.177 e. The summed E-state index contributed by atoms with van der Waals surface area (Å²) >= 11 is 1.78. The van der Waals surface area contributed by atoms with Crippen LogP contribution >= 0.6 is 11.8 Å². The second-order valence-electron chi connectivity index (χ2n) is 6.49. The topological polar surface area (TPSA) is 35.5 Å². The van der Waals surface area contributed by atoms with E-state index in [0.717, 1.165) is 5.56 Å². The molecule has 0 N–H and O–H groups in total. The van der Waals surface area contributed by atoms with Crippen molar-refractivity contribution in [1.82, 2.24) is 0 Å². The highest BCUT2D eigenvalue weighted by atomic mass is 32.2. The fraction of sp³-hybridized carbons (Fsp3) is 0.316. The van der Waals surface area contributed by atoms with Gasteiger partial charge in [0.25, 0.3) is 0 Å². The van der Waals surface area contributed by atoms with E-state index in [0.29, 0.717) is 17.1 Å². The number of hydrogen-bond donors (Lipinski definition) is 0. The van der Waals surface area contributed by atoms with E-state index in [-0.39, 0.29) is 22.6 Å². The Kier molecular flexibility index (Phi) is 3.20. The molecule has 0 radical (unpaired) electrons. The number of ether oxygens (including phenoxy) is 2. The van der Waals surface area contributed by atoms with Crippen molar-refractivity contribution in [1.29, 1.82) is 0 Å². The van der Waals surface area contributed by atoms with Gasteiger partial charge in [0.2, 0.25) is 0 Å². The van der Waals surface area contributed by atoms with E-state index < -0.39 is 0 Å². The third-order valence-electron chi connectivity index (χ3n) is 4.61. The smallest absolute Gasteiger partial charge is 0.177 e. The number of thioether (sulfide) groups is 1. The lowest BCUT2D eigenvalue weighted by Gasteiger charge is -2.45. The monoisotopic (exact) mass is 326 g/mol. The summed E-state index contributed by atoms with van der Waals surface area (Å²) in [6.07, 6.45) is -0.186. The lowest BCUT2D eigenvalue weighted by molar-refractivity contribution is 0.0707. The number of ketones is 1. The Morgan fingerprint density at radius 2 is 1.96 bits per heavy atom. The summed E-state index contributed by atoms with van der Waals surface area (Å²) in [7, 11) is 1.62. The highest BCUT2D eigenvalue weighted by Gasteiger charge is 2.50. The Morgan fingerprint density at radius 3 is 2.74 bits per heavy atom. The Bertz CT molecular complexity index is 797.